The number of rotatable bonds is 6. The van der Waals surface area contributed by atoms with Crippen molar-refractivity contribution in [3.05, 3.63) is 53.7 Å². The summed E-state index contributed by atoms with van der Waals surface area (Å²) in [6.45, 7) is 4.45. The number of likely N-dealkylation sites (N-methyl/N-ethyl adjacent to an activating group) is 1. The van der Waals surface area contributed by atoms with Crippen LogP contribution in [0.25, 0.3) is 11.1 Å². The summed E-state index contributed by atoms with van der Waals surface area (Å²) in [7, 11) is 2.07. The number of carbonyl (C=O) groups excluding carboxylic acids is 1. The summed E-state index contributed by atoms with van der Waals surface area (Å²) in [5, 5.41) is 6.14. The number of nitrogens with one attached hydrogen (secondary N) is 2. The van der Waals surface area contributed by atoms with Crippen molar-refractivity contribution in [2.45, 2.75) is 12.8 Å². The van der Waals surface area contributed by atoms with Crippen LogP contribution >= 0.6 is 11.6 Å². The number of nitrogens with zero attached hydrogens (tertiary/aromatic N) is 4. The van der Waals surface area contributed by atoms with Gasteiger partial charge in [0.05, 0.1) is 5.69 Å². The van der Waals surface area contributed by atoms with Gasteiger partial charge in [-0.05, 0) is 49.7 Å². The molecule has 200 valence electrons. The van der Waals surface area contributed by atoms with Crippen molar-refractivity contribution in [3.63, 3.8) is 0 Å². The van der Waals surface area contributed by atoms with E-state index >= 15 is 4.39 Å². The van der Waals surface area contributed by atoms with Crippen LogP contribution in [0, 0.1) is 11.7 Å². The Kier molecular flexibility index (Phi) is 7.92. The van der Waals surface area contributed by atoms with E-state index in [1.807, 2.05) is 6.07 Å². The molecule has 3 aromatic rings. The van der Waals surface area contributed by atoms with Crippen LogP contribution in [0.15, 0.2) is 42.7 Å². The van der Waals surface area contributed by atoms with Gasteiger partial charge < -0.3 is 30.9 Å². The summed E-state index contributed by atoms with van der Waals surface area (Å²) in [6.07, 6.45) is 2.71. The average Bonchev–Trinajstić information content (AvgIpc) is 2.94. The van der Waals surface area contributed by atoms with E-state index in [-0.39, 0.29) is 34.2 Å². The monoisotopic (exact) mass is 539 g/mol. The fourth-order valence-corrected chi connectivity index (χ4v) is 4.88. The Morgan fingerprint density at radius 3 is 2.50 bits per heavy atom. The number of anilines is 5. The van der Waals surface area contributed by atoms with E-state index in [9.17, 15) is 4.79 Å². The molecule has 3 heterocycles. The number of nitrogen functional groups attached to an aromatic ring is 1. The van der Waals surface area contributed by atoms with Crippen molar-refractivity contribution < 1.29 is 13.9 Å². The first kappa shape index (κ1) is 26.1. The number of ether oxygens (including phenoxy) is 1. The van der Waals surface area contributed by atoms with Gasteiger partial charge in [-0.1, -0.05) is 23.7 Å². The molecule has 0 spiro atoms. The number of halogens is 2. The number of benzene rings is 2. The Morgan fingerprint density at radius 1 is 1.08 bits per heavy atom. The van der Waals surface area contributed by atoms with Crippen LogP contribution < -0.4 is 21.3 Å². The third-order valence-electron chi connectivity index (χ3n) is 7.10. The molecule has 4 N–H and O–H groups in total. The maximum absolute atomic E-state index is 16.2. The second kappa shape index (κ2) is 11.5. The number of hydrogen-bond donors (Lipinski definition) is 3. The molecule has 5 rings (SSSR count). The quantitative estimate of drug-likeness (QED) is 0.396. The van der Waals surface area contributed by atoms with Crippen molar-refractivity contribution >= 4 is 46.1 Å². The van der Waals surface area contributed by atoms with E-state index in [2.05, 4.69) is 37.4 Å². The molecule has 9 nitrogen and oxygen atoms in total. The molecule has 0 aliphatic carbocycles. The van der Waals surface area contributed by atoms with Gasteiger partial charge in [-0.3, -0.25) is 4.79 Å². The molecule has 0 unspecified atom stereocenters. The summed E-state index contributed by atoms with van der Waals surface area (Å²) in [5.74, 6) is -0.271. The van der Waals surface area contributed by atoms with Crippen LogP contribution in [0.4, 0.5) is 33.0 Å². The van der Waals surface area contributed by atoms with Gasteiger partial charge in [-0.2, -0.15) is 0 Å². The van der Waals surface area contributed by atoms with E-state index in [0.717, 1.165) is 26.2 Å². The van der Waals surface area contributed by atoms with E-state index < -0.39 is 5.82 Å². The maximum Gasteiger partial charge on any atom is 0.227 e. The fraction of sp³-hybridized carbons (Fsp3) is 0.370. The van der Waals surface area contributed by atoms with E-state index in [1.54, 1.807) is 30.3 Å². The molecule has 2 aliphatic heterocycles. The Morgan fingerprint density at radius 2 is 1.79 bits per heavy atom. The highest BCUT2D eigenvalue weighted by atomic mass is 35.5. The zero-order valence-corrected chi connectivity index (χ0v) is 22.0. The van der Waals surface area contributed by atoms with E-state index in [1.165, 1.54) is 6.33 Å². The third-order valence-corrected chi connectivity index (χ3v) is 7.40. The summed E-state index contributed by atoms with van der Waals surface area (Å²) >= 11 is 6.09. The smallest absolute Gasteiger partial charge is 0.227 e. The Hall–Kier alpha value is -3.47. The van der Waals surface area contributed by atoms with Gasteiger partial charge >= 0.3 is 0 Å². The summed E-state index contributed by atoms with van der Waals surface area (Å²) in [5.41, 5.74) is 8.97. The first-order chi connectivity index (χ1) is 18.4. The third kappa shape index (κ3) is 5.67. The highest BCUT2D eigenvalue weighted by molar-refractivity contribution is 6.32. The minimum absolute atomic E-state index is 0.0173. The SMILES string of the molecule is CN1CCN(c2ccc(-c3ccc(NC(=O)C4CCOCC4)cc3)c(F)c2Nc2ncnc(Cl)c2N)CC1. The molecule has 2 saturated heterocycles. The van der Waals surface area contributed by atoms with Crippen LogP contribution in [0.1, 0.15) is 12.8 Å². The molecule has 0 saturated carbocycles. The minimum atomic E-state index is -0.436. The lowest BCUT2D eigenvalue weighted by Gasteiger charge is -2.35. The number of carbonyl (C=O) groups is 1. The van der Waals surface area contributed by atoms with Gasteiger partial charge in [-0.25, -0.2) is 14.4 Å². The van der Waals surface area contributed by atoms with Crippen LogP contribution in [-0.2, 0) is 9.53 Å². The zero-order valence-electron chi connectivity index (χ0n) is 21.2. The number of aromatic nitrogens is 2. The number of amides is 1. The predicted molar refractivity (Wildman–Crippen MR) is 148 cm³/mol. The van der Waals surface area contributed by atoms with Gasteiger partial charge in [0.15, 0.2) is 16.8 Å². The molecular formula is C27H31ClFN7O2. The highest BCUT2D eigenvalue weighted by Gasteiger charge is 2.24. The maximum atomic E-state index is 16.2. The minimum Gasteiger partial charge on any atom is -0.393 e. The second-order valence-electron chi connectivity index (χ2n) is 9.62. The standard InChI is InChI=1S/C27H31ClFN7O2/c1-35-10-12-36(13-11-35)21-7-6-20(22(29)24(21)34-26-23(30)25(28)31-16-32-26)17-2-4-19(5-3-17)33-27(37)18-8-14-38-15-9-18/h2-7,16,18H,8-15,30H2,1H3,(H,33,37)(H,31,32,34). The zero-order chi connectivity index (χ0) is 26.6. The van der Waals surface area contributed by atoms with Gasteiger partial charge in [0.1, 0.15) is 17.7 Å². The van der Waals surface area contributed by atoms with Crippen LogP contribution in [0.3, 0.4) is 0 Å². The van der Waals surface area contributed by atoms with Crippen LogP contribution in [0.2, 0.25) is 5.15 Å². The van der Waals surface area contributed by atoms with Crippen molar-refractivity contribution in [1.29, 1.82) is 0 Å². The topological polar surface area (TPSA) is 109 Å². The molecule has 0 radical (unpaired) electrons. The molecule has 2 aromatic carbocycles. The molecular weight excluding hydrogens is 509 g/mol. The molecule has 2 aliphatic rings. The summed E-state index contributed by atoms with van der Waals surface area (Å²) in [6, 6.07) is 10.9. The van der Waals surface area contributed by atoms with Gasteiger partial charge in [-0.15, -0.1) is 0 Å². The van der Waals surface area contributed by atoms with Crippen molar-refractivity contribution in [2.75, 3.05) is 67.7 Å². The van der Waals surface area contributed by atoms with E-state index in [4.69, 9.17) is 22.1 Å². The van der Waals surface area contributed by atoms with Crippen LogP contribution in [0.5, 0.6) is 0 Å². The Bertz CT molecular complexity index is 1290. The summed E-state index contributed by atoms with van der Waals surface area (Å²) < 4.78 is 21.6. The molecule has 2 fully saturated rings. The van der Waals surface area contributed by atoms with Crippen molar-refractivity contribution in [1.82, 2.24) is 14.9 Å². The fourth-order valence-electron chi connectivity index (χ4n) is 4.75. The molecule has 0 bridgehead atoms. The Labute approximate surface area is 226 Å². The number of hydrogen-bond acceptors (Lipinski definition) is 8. The van der Waals surface area contributed by atoms with Gasteiger partial charge in [0, 0.05) is 56.6 Å². The van der Waals surface area contributed by atoms with Crippen molar-refractivity contribution in [3.8, 4) is 11.1 Å². The predicted octanol–water partition coefficient (Wildman–Crippen LogP) is 4.38. The van der Waals surface area contributed by atoms with Crippen molar-refractivity contribution in [2.24, 2.45) is 5.92 Å². The van der Waals surface area contributed by atoms with Gasteiger partial charge in [0.2, 0.25) is 5.91 Å². The summed E-state index contributed by atoms with van der Waals surface area (Å²) in [4.78, 5) is 25.0. The average molecular weight is 540 g/mol. The Balaban J connectivity index is 1.44. The van der Waals surface area contributed by atoms with Gasteiger partial charge in [0.25, 0.3) is 0 Å². The highest BCUT2D eigenvalue weighted by Crippen LogP contribution is 2.39. The normalized spacial score (nSPS) is 16.9. The first-order valence-corrected chi connectivity index (χ1v) is 13.1. The lowest BCUT2D eigenvalue weighted by molar-refractivity contribution is -0.122. The largest absolute Gasteiger partial charge is 0.393 e. The molecule has 0 atom stereocenters. The molecule has 11 heteroatoms. The molecule has 1 amide bonds. The molecule has 38 heavy (non-hydrogen) atoms. The lowest BCUT2D eigenvalue weighted by Crippen LogP contribution is -2.44. The van der Waals surface area contributed by atoms with Crippen LogP contribution in [-0.4, -0.2) is 67.2 Å². The molecule has 1 aromatic heterocycles. The first-order valence-electron chi connectivity index (χ1n) is 12.7. The number of nitrogens with two attached hydrogens (primary N) is 1. The number of piperazine rings is 1. The lowest BCUT2D eigenvalue weighted by atomic mass is 9.99. The van der Waals surface area contributed by atoms with E-state index in [0.29, 0.717) is 48.6 Å². The second-order valence-corrected chi connectivity index (χ2v) is 9.97.